The molecule has 0 fully saturated rings. The van der Waals surface area contributed by atoms with E-state index in [-0.39, 0.29) is 32.0 Å². The van der Waals surface area contributed by atoms with E-state index in [1.165, 1.54) is 16.0 Å². The van der Waals surface area contributed by atoms with E-state index < -0.39 is 12.1 Å². The fourth-order valence-corrected chi connectivity index (χ4v) is 4.37. The highest BCUT2D eigenvalue weighted by Gasteiger charge is 2.29. The van der Waals surface area contributed by atoms with Crippen molar-refractivity contribution in [1.29, 1.82) is 0 Å². The largest absolute Gasteiger partial charge is 0.481 e. The van der Waals surface area contributed by atoms with Crippen LogP contribution in [0.15, 0.2) is 72.8 Å². The Morgan fingerprint density at radius 1 is 0.906 bits per heavy atom. The molecule has 0 radical (unpaired) electrons. The maximum atomic E-state index is 13.0. The van der Waals surface area contributed by atoms with Crippen molar-refractivity contribution in [3.63, 3.8) is 0 Å². The van der Waals surface area contributed by atoms with Gasteiger partial charge in [0.15, 0.2) is 0 Å². The summed E-state index contributed by atoms with van der Waals surface area (Å²) >= 11 is 6.28. The molecule has 1 N–H and O–H groups in total. The lowest BCUT2D eigenvalue weighted by Crippen LogP contribution is -2.33. The van der Waals surface area contributed by atoms with E-state index >= 15 is 0 Å². The number of fused-ring (bicyclic) bond motifs is 3. The Kier molecular flexibility index (Phi) is 6.76. The molecule has 0 saturated carbocycles. The second kappa shape index (κ2) is 9.88. The summed E-state index contributed by atoms with van der Waals surface area (Å²) in [5.41, 5.74) is 5.41. The molecular formula is C26H24ClNO4. The number of hydrogen-bond acceptors (Lipinski definition) is 3. The van der Waals surface area contributed by atoms with Crippen LogP contribution < -0.4 is 0 Å². The number of carboxylic acids is 1. The number of halogens is 1. The van der Waals surface area contributed by atoms with Crippen molar-refractivity contribution in [2.45, 2.75) is 25.3 Å². The van der Waals surface area contributed by atoms with Crippen LogP contribution in [0.1, 0.15) is 35.4 Å². The molecule has 0 spiro atoms. The van der Waals surface area contributed by atoms with Gasteiger partial charge in [-0.25, -0.2) is 4.79 Å². The monoisotopic (exact) mass is 449 g/mol. The van der Waals surface area contributed by atoms with Gasteiger partial charge in [0.25, 0.3) is 0 Å². The summed E-state index contributed by atoms with van der Waals surface area (Å²) in [6.45, 7) is 0.745. The van der Waals surface area contributed by atoms with Gasteiger partial charge in [0.05, 0.1) is 6.54 Å². The van der Waals surface area contributed by atoms with Gasteiger partial charge in [0.1, 0.15) is 6.61 Å². The van der Waals surface area contributed by atoms with Crippen LogP contribution in [0.5, 0.6) is 0 Å². The number of rotatable bonds is 8. The summed E-state index contributed by atoms with van der Waals surface area (Å²) < 4.78 is 5.77. The van der Waals surface area contributed by atoms with E-state index in [1.807, 2.05) is 42.5 Å². The van der Waals surface area contributed by atoms with Crippen molar-refractivity contribution in [1.82, 2.24) is 4.90 Å². The van der Waals surface area contributed by atoms with Gasteiger partial charge in [-0.1, -0.05) is 78.3 Å². The summed E-state index contributed by atoms with van der Waals surface area (Å²) in [5.74, 6) is -0.928. The molecule has 32 heavy (non-hydrogen) atoms. The molecular weight excluding hydrogens is 426 g/mol. The highest BCUT2D eigenvalue weighted by atomic mass is 35.5. The van der Waals surface area contributed by atoms with Gasteiger partial charge in [0, 0.05) is 23.9 Å². The van der Waals surface area contributed by atoms with Crippen LogP contribution in [-0.2, 0) is 16.1 Å². The molecule has 5 nitrogen and oxygen atoms in total. The second-order valence-electron chi connectivity index (χ2n) is 7.81. The fourth-order valence-electron chi connectivity index (χ4n) is 4.17. The van der Waals surface area contributed by atoms with E-state index in [9.17, 15) is 9.59 Å². The number of amides is 1. The van der Waals surface area contributed by atoms with Crippen molar-refractivity contribution in [3.05, 3.63) is 94.5 Å². The smallest absolute Gasteiger partial charge is 0.410 e. The summed E-state index contributed by atoms with van der Waals surface area (Å²) in [7, 11) is 0. The number of carbonyl (C=O) groups excluding carboxylic acids is 1. The molecule has 0 bridgehead atoms. The lowest BCUT2D eigenvalue weighted by Gasteiger charge is -2.24. The SMILES string of the molecule is O=C(O)CCCN(Cc1ccccc1Cl)C(=O)OCC1c2ccccc2-c2ccccc21. The molecule has 3 aromatic carbocycles. The Hall–Kier alpha value is -3.31. The number of carbonyl (C=O) groups is 2. The summed E-state index contributed by atoms with van der Waals surface area (Å²) in [4.78, 5) is 25.5. The molecule has 0 saturated heterocycles. The van der Waals surface area contributed by atoms with Crippen molar-refractivity contribution in [2.24, 2.45) is 0 Å². The topological polar surface area (TPSA) is 66.8 Å². The summed E-state index contributed by atoms with van der Waals surface area (Å²) in [6, 6.07) is 23.6. The van der Waals surface area contributed by atoms with E-state index in [1.54, 1.807) is 6.07 Å². The Morgan fingerprint density at radius 2 is 1.50 bits per heavy atom. The maximum absolute atomic E-state index is 13.0. The van der Waals surface area contributed by atoms with Crippen LogP contribution in [0.3, 0.4) is 0 Å². The number of carboxylic acid groups (broad SMARTS) is 1. The van der Waals surface area contributed by atoms with Crippen LogP contribution in [0, 0.1) is 0 Å². The minimum absolute atomic E-state index is 0.0182. The first kappa shape index (κ1) is 21.9. The molecule has 0 aromatic heterocycles. The van der Waals surface area contributed by atoms with Crippen molar-refractivity contribution in [2.75, 3.05) is 13.2 Å². The van der Waals surface area contributed by atoms with Crippen LogP contribution in [-0.4, -0.2) is 35.2 Å². The van der Waals surface area contributed by atoms with E-state index in [0.29, 0.717) is 11.4 Å². The first-order valence-electron chi connectivity index (χ1n) is 10.6. The molecule has 4 rings (SSSR count). The Morgan fingerprint density at radius 3 is 2.12 bits per heavy atom. The summed E-state index contributed by atoms with van der Waals surface area (Å²) in [5, 5.41) is 9.53. The van der Waals surface area contributed by atoms with Gasteiger partial charge in [-0.3, -0.25) is 4.79 Å². The molecule has 1 aliphatic rings. The molecule has 6 heteroatoms. The number of ether oxygens (including phenoxy) is 1. The standard InChI is InChI=1S/C26H24ClNO4/c27-24-13-6-1-8-18(24)16-28(15-7-14-25(29)30)26(31)32-17-23-21-11-4-2-9-19(21)20-10-3-5-12-22(20)23/h1-6,8-13,23H,7,14-17H2,(H,29,30). The normalized spacial score (nSPS) is 12.2. The van der Waals surface area contributed by atoms with E-state index in [2.05, 4.69) is 24.3 Å². The predicted molar refractivity (Wildman–Crippen MR) is 124 cm³/mol. The molecule has 1 amide bonds. The third-order valence-electron chi connectivity index (χ3n) is 5.73. The van der Waals surface area contributed by atoms with Crippen LogP contribution in [0.25, 0.3) is 11.1 Å². The zero-order chi connectivity index (χ0) is 22.5. The van der Waals surface area contributed by atoms with Gasteiger partial charge in [-0.2, -0.15) is 0 Å². The number of aliphatic carboxylic acids is 1. The maximum Gasteiger partial charge on any atom is 0.410 e. The molecule has 0 aliphatic heterocycles. The van der Waals surface area contributed by atoms with Gasteiger partial charge in [0.2, 0.25) is 0 Å². The van der Waals surface area contributed by atoms with Crippen molar-refractivity contribution in [3.8, 4) is 11.1 Å². The molecule has 164 valence electrons. The Bertz CT molecular complexity index is 1080. The van der Waals surface area contributed by atoms with Gasteiger partial charge in [-0.15, -0.1) is 0 Å². The zero-order valence-electron chi connectivity index (χ0n) is 17.5. The zero-order valence-corrected chi connectivity index (χ0v) is 18.3. The second-order valence-corrected chi connectivity index (χ2v) is 8.22. The van der Waals surface area contributed by atoms with Crippen LogP contribution >= 0.6 is 11.6 Å². The third-order valence-corrected chi connectivity index (χ3v) is 6.10. The fraction of sp³-hybridized carbons (Fsp3) is 0.231. The predicted octanol–water partition coefficient (Wildman–Crippen LogP) is 5.96. The minimum atomic E-state index is -0.893. The van der Waals surface area contributed by atoms with Gasteiger partial charge >= 0.3 is 12.1 Å². The molecule has 3 aromatic rings. The average Bonchev–Trinajstić information content (AvgIpc) is 3.12. The molecule has 0 atom stereocenters. The molecule has 0 unspecified atom stereocenters. The van der Waals surface area contributed by atoms with E-state index in [4.69, 9.17) is 21.4 Å². The van der Waals surface area contributed by atoms with Gasteiger partial charge in [-0.05, 0) is 40.3 Å². The van der Waals surface area contributed by atoms with Crippen molar-refractivity contribution < 1.29 is 19.4 Å². The number of benzene rings is 3. The molecule has 1 aliphatic carbocycles. The number of hydrogen-bond donors (Lipinski definition) is 1. The Labute approximate surface area is 192 Å². The van der Waals surface area contributed by atoms with Crippen LogP contribution in [0.4, 0.5) is 4.79 Å². The highest BCUT2D eigenvalue weighted by molar-refractivity contribution is 6.31. The lowest BCUT2D eigenvalue weighted by molar-refractivity contribution is -0.137. The summed E-state index contributed by atoms with van der Waals surface area (Å²) in [6.07, 6.45) is -0.156. The highest BCUT2D eigenvalue weighted by Crippen LogP contribution is 2.44. The first-order valence-corrected chi connectivity index (χ1v) is 11.0. The Balaban J connectivity index is 1.49. The molecule has 0 heterocycles. The first-order chi connectivity index (χ1) is 15.5. The minimum Gasteiger partial charge on any atom is -0.481 e. The van der Waals surface area contributed by atoms with Gasteiger partial charge < -0.3 is 14.7 Å². The lowest BCUT2D eigenvalue weighted by atomic mass is 9.98. The quantitative estimate of drug-likeness (QED) is 0.461. The van der Waals surface area contributed by atoms with E-state index in [0.717, 1.165) is 16.7 Å². The average molecular weight is 450 g/mol. The van der Waals surface area contributed by atoms with Crippen LogP contribution in [0.2, 0.25) is 5.02 Å². The number of nitrogens with zero attached hydrogens (tertiary/aromatic N) is 1. The third kappa shape index (κ3) is 4.78. The van der Waals surface area contributed by atoms with Crippen molar-refractivity contribution >= 4 is 23.7 Å².